The molecule has 3 nitrogen and oxygen atoms in total. The third kappa shape index (κ3) is 3.09. The smallest absolute Gasteiger partial charge is 0.318 e. The van der Waals surface area contributed by atoms with E-state index >= 15 is 0 Å². The maximum Gasteiger partial charge on any atom is 0.318 e. The topological polar surface area (TPSA) is 32.3 Å². The highest BCUT2D eigenvalue weighted by Gasteiger charge is 2.26. The third-order valence-corrected chi connectivity index (χ3v) is 2.11. The molecule has 0 aliphatic heterocycles. The van der Waals surface area contributed by atoms with Crippen LogP contribution in [-0.4, -0.2) is 29.6 Å². The van der Waals surface area contributed by atoms with E-state index in [9.17, 15) is 4.79 Å². The van der Waals surface area contributed by atoms with E-state index in [1.165, 1.54) is 0 Å². The van der Waals surface area contributed by atoms with Crippen molar-refractivity contribution in [1.82, 2.24) is 10.2 Å². The lowest BCUT2D eigenvalue weighted by atomic mass is 10.3. The number of nitrogens with zero attached hydrogens (tertiary/aromatic N) is 1. The van der Waals surface area contributed by atoms with Gasteiger partial charge in [0.25, 0.3) is 0 Å². The van der Waals surface area contributed by atoms with Gasteiger partial charge in [0.05, 0.1) is 0 Å². The quantitative estimate of drug-likeness (QED) is 0.660. The average Bonchev–Trinajstić information content (AvgIpc) is 2.83. The van der Waals surface area contributed by atoms with Crippen molar-refractivity contribution < 1.29 is 4.79 Å². The Hall–Kier alpha value is -0.990. The van der Waals surface area contributed by atoms with Crippen molar-refractivity contribution in [1.29, 1.82) is 0 Å². The lowest BCUT2D eigenvalue weighted by Crippen LogP contribution is -2.44. The molecular formula is C10H18N2O. The summed E-state index contributed by atoms with van der Waals surface area (Å²) < 4.78 is 0. The summed E-state index contributed by atoms with van der Waals surface area (Å²) in [6.07, 6.45) is 4.02. The summed E-state index contributed by atoms with van der Waals surface area (Å²) in [7, 11) is 0. The van der Waals surface area contributed by atoms with Gasteiger partial charge in [0.1, 0.15) is 0 Å². The summed E-state index contributed by atoms with van der Waals surface area (Å²) in [6.45, 7) is 8.28. The van der Waals surface area contributed by atoms with E-state index < -0.39 is 0 Å². The molecule has 1 saturated carbocycles. The van der Waals surface area contributed by atoms with Crippen LogP contribution in [0.25, 0.3) is 0 Å². The molecule has 0 radical (unpaired) electrons. The Kier molecular flexibility index (Phi) is 3.34. The van der Waals surface area contributed by atoms with Gasteiger partial charge < -0.3 is 10.2 Å². The summed E-state index contributed by atoms with van der Waals surface area (Å²) in [4.78, 5) is 13.4. The van der Waals surface area contributed by atoms with Gasteiger partial charge in [-0.3, -0.25) is 0 Å². The van der Waals surface area contributed by atoms with Gasteiger partial charge >= 0.3 is 6.03 Å². The van der Waals surface area contributed by atoms with Crippen molar-refractivity contribution in [3.8, 4) is 0 Å². The van der Waals surface area contributed by atoms with E-state index in [1.54, 1.807) is 11.0 Å². The monoisotopic (exact) mass is 182 g/mol. The highest BCUT2D eigenvalue weighted by molar-refractivity contribution is 5.75. The Morgan fingerprint density at radius 2 is 2.31 bits per heavy atom. The van der Waals surface area contributed by atoms with Crippen molar-refractivity contribution in [2.45, 2.75) is 38.8 Å². The van der Waals surface area contributed by atoms with E-state index in [2.05, 4.69) is 11.9 Å². The van der Waals surface area contributed by atoms with Crippen molar-refractivity contribution in [3.05, 3.63) is 12.7 Å². The lowest BCUT2D eigenvalue weighted by Gasteiger charge is -2.25. The fraction of sp³-hybridized carbons (Fsp3) is 0.700. The summed E-state index contributed by atoms with van der Waals surface area (Å²) >= 11 is 0. The largest absolute Gasteiger partial charge is 0.335 e. The zero-order chi connectivity index (χ0) is 9.84. The van der Waals surface area contributed by atoms with E-state index in [0.717, 1.165) is 12.8 Å². The second-order valence-corrected chi connectivity index (χ2v) is 3.76. The van der Waals surface area contributed by atoms with Crippen molar-refractivity contribution in [2.75, 3.05) is 6.54 Å². The summed E-state index contributed by atoms with van der Waals surface area (Å²) in [5.41, 5.74) is 0. The zero-order valence-electron chi connectivity index (χ0n) is 8.42. The average molecular weight is 182 g/mol. The number of hydrogen-bond donors (Lipinski definition) is 1. The van der Waals surface area contributed by atoms with Crippen LogP contribution in [0.2, 0.25) is 0 Å². The van der Waals surface area contributed by atoms with E-state index in [1.807, 2.05) is 13.8 Å². The fourth-order valence-corrected chi connectivity index (χ4v) is 1.15. The van der Waals surface area contributed by atoms with Crippen LogP contribution in [0.3, 0.4) is 0 Å². The molecule has 0 aromatic heterocycles. The summed E-state index contributed by atoms with van der Waals surface area (Å²) in [6, 6.07) is 0.702. The predicted molar refractivity (Wildman–Crippen MR) is 53.6 cm³/mol. The molecule has 0 spiro atoms. The van der Waals surface area contributed by atoms with Crippen molar-refractivity contribution in [2.24, 2.45) is 0 Å². The molecule has 74 valence electrons. The molecular weight excluding hydrogens is 164 g/mol. The molecule has 0 saturated heterocycles. The minimum atomic E-state index is 0.0393. The number of nitrogens with one attached hydrogen (secondary N) is 1. The molecule has 1 aliphatic rings. The number of carbonyl (C=O) groups excluding carboxylic acids is 1. The van der Waals surface area contributed by atoms with Gasteiger partial charge in [-0.05, 0) is 26.7 Å². The first-order valence-electron chi connectivity index (χ1n) is 4.83. The Bertz CT molecular complexity index is 197. The molecule has 2 amide bonds. The Morgan fingerprint density at radius 1 is 1.69 bits per heavy atom. The molecule has 1 aliphatic carbocycles. The molecule has 0 atom stereocenters. The van der Waals surface area contributed by atoms with Crippen LogP contribution in [0, 0.1) is 0 Å². The van der Waals surface area contributed by atoms with Crippen molar-refractivity contribution >= 4 is 6.03 Å². The van der Waals surface area contributed by atoms with Gasteiger partial charge in [0, 0.05) is 18.6 Å². The molecule has 0 aromatic rings. The molecule has 3 heteroatoms. The maximum atomic E-state index is 11.6. The van der Waals surface area contributed by atoms with Gasteiger partial charge in [0.15, 0.2) is 0 Å². The third-order valence-electron chi connectivity index (χ3n) is 2.11. The van der Waals surface area contributed by atoms with E-state index in [4.69, 9.17) is 0 Å². The molecule has 0 unspecified atom stereocenters. The minimum absolute atomic E-state index is 0.0393. The number of amides is 2. The number of urea groups is 1. The van der Waals surface area contributed by atoms with Crippen LogP contribution < -0.4 is 5.32 Å². The van der Waals surface area contributed by atoms with Crippen LogP contribution in [0.4, 0.5) is 4.79 Å². The first kappa shape index (κ1) is 10.1. The Labute approximate surface area is 79.8 Å². The molecule has 0 heterocycles. The van der Waals surface area contributed by atoms with E-state index in [0.29, 0.717) is 12.6 Å². The molecule has 0 bridgehead atoms. The van der Waals surface area contributed by atoms with Gasteiger partial charge in [0.2, 0.25) is 0 Å². The van der Waals surface area contributed by atoms with Crippen molar-refractivity contribution in [3.63, 3.8) is 0 Å². The first-order valence-corrected chi connectivity index (χ1v) is 4.83. The summed E-state index contributed by atoms with van der Waals surface area (Å²) in [5, 5.41) is 2.96. The number of carbonyl (C=O) groups is 1. The highest BCUT2D eigenvalue weighted by Crippen LogP contribution is 2.19. The SMILES string of the molecule is C=CCN(C(=O)NC1CC1)C(C)C. The molecule has 1 N–H and O–H groups in total. The van der Waals surface area contributed by atoms with E-state index in [-0.39, 0.29) is 12.1 Å². The normalized spacial score (nSPS) is 15.6. The molecule has 1 rings (SSSR count). The van der Waals surface area contributed by atoms with Crippen LogP contribution in [0.1, 0.15) is 26.7 Å². The van der Waals surface area contributed by atoms with Crippen LogP contribution in [-0.2, 0) is 0 Å². The van der Waals surface area contributed by atoms with Gasteiger partial charge in [-0.2, -0.15) is 0 Å². The molecule has 1 fully saturated rings. The zero-order valence-corrected chi connectivity index (χ0v) is 8.42. The summed E-state index contributed by atoms with van der Waals surface area (Å²) in [5.74, 6) is 0. The first-order chi connectivity index (χ1) is 6.15. The van der Waals surface area contributed by atoms with Gasteiger partial charge in [-0.15, -0.1) is 6.58 Å². The number of hydrogen-bond acceptors (Lipinski definition) is 1. The number of rotatable bonds is 4. The standard InChI is InChI=1S/C10H18N2O/c1-4-7-12(8(2)3)10(13)11-9-5-6-9/h4,8-9H,1,5-7H2,2-3H3,(H,11,13). The maximum absolute atomic E-state index is 11.6. The molecule has 0 aromatic carbocycles. The lowest BCUT2D eigenvalue weighted by molar-refractivity contribution is 0.190. The van der Waals surface area contributed by atoms with Gasteiger partial charge in [-0.25, -0.2) is 4.79 Å². The van der Waals surface area contributed by atoms with Crippen LogP contribution in [0.5, 0.6) is 0 Å². The Morgan fingerprint density at radius 3 is 2.69 bits per heavy atom. The second-order valence-electron chi connectivity index (χ2n) is 3.76. The predicted octanol–water partition coefficient (Wildman–Crippen LogP) is 1.75. The van der Waals surface area contributed by atoms with Crippen LogP contribution in [0.15, 0.2) is 12.7 Å². The molecule has 13 heavy (non-hydrogen) atoms. The fourth-order valence-electron chi connectivity index (χ4n) is 1.15. The Balaban J connectivity index is 2.41. The van der Waals surface area contributed by atoms with Crippen LogP contribution >= 0.6 is 0 Å². The highest BCUT2D eigenvalue weighted by atomic mass is 16.2. The van der Waals surface area contributed by atoms with Gasteiger partial charge in [-0.1, -0.05) is 6.08 Å². The minimum Gasteiger partial charge on any atom is -0.335 e. The second kappa shape index (κ2) is 4.30.